The SMILES string of the molecule is CC(C)NC(C)(C)C=C(C#N)C(=O)N1CCC[C@H]1Cn1c(=O)n(-c2ccc(Oc3ccccc3)cc2)c2c(N)ncnc21. The highest BCUT2D eigenvalue weighted by Crippen LogP contribution is 2.27. The molecule has 0 saturated carbocycles. The van der Waals surface area contributed by atoms with Crippen molar-refractivity contribution in [1.82, 2.24) is 29.3 Å². The molecule has 1 aliphatic heterocycles. The van der Waals surface area contributed by atoms with Gasteiger partial charge in [0.1, 0.15) is 35.0 Å². The molecule has 1 aliphatic rings. The molecule has 1 amide bonds. The summed E-state index contributed by atoms with van der Waals surface area (Å²) in [5, 5.41) is 13.3. The number of nitrogens with one attached hydrogen (secondary N) is 1. The number of aromatic nitrogens is 4. The normalized spacial score (nSPS) is 15.7. The van der Waals surface area contributed by atoms with E-state index < -0.39 is 5.54 Å². The maximum absolute atomic E-state index is 14.0. The molecule has 1 saturated heterocycles. The number of nitriles is 1. The second kappa shape index (κ2) is 12.1. The predicted molar refractivity (Wildman–Crippen MR) is 165 cm³/mol. The maximum atomic E-state index is 14.0. The molecule has 2 aromatic carbocycles. The number of nitrogen functional groups attached to an aromatic ring is 1. The van der Waals surface area contributed by atoms with E-state index in [1.807, 2.05) is 58.0 Å². The van der Waals surface area contributed by atoms with E-state index in [0.29, 0.717) is 41.3 Å². The minimum absolute atomic E-state index is 0.0733. The van der Waals surface area contributed by atoms with Gasteiger partial charge in [0.25, 0.3) is 5.91 Å². The lowest BCUT2D eigenvalue weighted by Crippen LogP contribution is -2.44. The highest BCUT2D eigenvalue weighted by molar-refractivity contribution is 5.97. The highest BCUT2D eigenvalue weighted by Gasteiger charge is 2.33. The van der Waals surface area contributed by atoms with Crippen molar-refractivity contribution in [3.05, 3.63) is 83.1 Å². The van der Waals surface area contributed by atoms with Crippen molar-refractivity contribution in [2.24, 2.45) is 0 Å². The molecule has 0 aliphatic carbocycles. The van der Waals surface area contributed by atoms with Crippen molar-refractivity contribution < 1.29 is 9.53 Å². The average molecular weight is 581 g/mol. The van der Waals surface area contributed by atoms with Crippen LogP contribution in [0, 0.1) is 11.3 Å². The number of benzene rings is 2. The van der Waals surface area contributed by atoms with Gasteiger partial charge in [-0.25, -0.2) is 14.8 Å². The van der Waals surface area contributed by atoms with E-state index in [4.69, 9.17) is 10.5 Å². The van der Waals surface area contributed by atoms with Gasteiger partial charge in [-0.2, -0.15) is 5.26 Å². The van der Waals surface area contributed by atoms with Crippen LogP contribution in [-0.4, -0.2) is 54.1 Å². The number of ether oxygens (including phenoxy) is 1. The number of nitrogens with two attached hydrogens (primary N) is 1. The molecular formula is C32H36N8O3. The minimum Gasteiger partial charge on any atom is -0.457 e. The number of anilines is 1. The summed E-state index contributed by atoms with van der Waals surface area (Å²) < 4.78 is 8.93. The van der Waals surface area contributed by atoms with Crippen LogP contribution >= 0.6 is 0 Å². The molecule has 1 atom stereocenters. The first-order valence-corrected chi connectivity index (χ1v) is 14.3. The molecule has 0 bridgehead atoms. The van der Waals surface area contributed by atoms with Gasteiger partial charge in [0, 0.05) is 24.7 Å². The Labute approximate surface area is 250 Å². The summed E-state index contributed by atoms with van der Waals surface area (Å²) in [6, 6.07) is 18.5. The van der Waals surface area contributed by atoms with Crippen molar-refractivity contribution >= 4 is 22.9 Å². The fraction of sp³-hybridized carbons (Fsp3) is 0.344. The lowest BCUT2D eigenvalue weighted by atomic mass is 9.99. The average Bonchev–Trinajstić information content (AvgIpc) is 3.55. The standard InChI is InChI=1S/C32H36N8O3/c1-21(2)37-32(3,4)17-22(18-33)30(41)38-16-8-9-24(38)19-39-29-27(28(34)35-20-36-29)40(31(39)42)23-12-14-26(15-13-23)43-25-10-6-5-7-11-25/h5-7,10-15,17,20-21,24,37H,8-9,16,19H2,1-4H3,(H2,34,35,36)/t24-/m0/s1. The number of hydrogen-bond donors (Lipinski definition) is 2. The first-order valence-electron chi connectivity index (χ1n) is 14.3. The topological polar surface area (TPSA) is 144 Å². The second-order valence-electron chi connectivity index (χ2n) is 11.6. The molecule has 5 rings (SSSR count). The highest BCUT2D eigenvalue weighted by atomic mass is 16.5. The Hall–Kier alpha value is -4.95. The number of amides is 1. The summed E-state index contributed by atoms with van der Waals surface area (Å²) in [6.45, 7) is 8.57. The zero-order valence-corrected chi connectivity index (χ0v) is 24.8. The lowest BCUT2D eigenvalue weighted by Gasteiger charge is -2.28. The van der Waals surface area contributed by atoms with Gasteiger partial charge in [-0.05, 0) is 69.2 Å². The van der Waals surface area contributed by atoms with Gasteiger partial charge in [0.2, 0.25) is 0 Å². The molecule has 0 radical (unpaired) electrons. The number of nitrogens with zero attached hydrogens (tertiary/aromatic N) is 6. The van der Waals surface area contributed by atoms with Crippen LogP contribution in [-0.2, 0) is 11.3 Å². The Morgan fingerprint density at radius 1 is 1.16 bits per heavy atom. The van der Waals surface area contributed by atoms with Crippen LogP contribution in [0.3, 0.4) is 0 Å². The number of carbonyl (C=O) groups excluding carboxylic acids is 1. The van der Waals surface area contributed by atoms with Gasteiger partial charge >= 0.3 is 5.69 Å². The van der Waals surface area contributed by atoms with Gasteiger partial charge in [0.05, 0.1) is 11.7 Å². The fourth-order valence-electron chi connectivity index (χ4n) is 5.74. The molecule has 3 heterocycles. The second-order valence-corrected chi connectivity index (χ2v) is 11.6. The van der Waals surface area contributed by atoms with Gasteiger partial charge in [-0.3, -0.25) is 13.9 Å². The van der Waals surface area contributed by atoms with Crippen molar-refractivity contribution in [3.63, 3.8) is 0 Å². The summed E-state index contributed by atoms with van der Waals surface area (Å²) in [6.07, 6.45) is 4.45. The van der Waals surface area contributed by atoms with Crippen LogP contribution in [0.1, 0.15) is 40.5 Å². The van der Waals surface area contributed by atoms with E-state index >= 15 is 0 Å². The molecule has 2 aromatic heterocycles. The third-order valence-corrected chi connectivity index (χ3v) is 7.35. The molecule has 11 nitrogen and oxygen atoms in total. The molecule has 1 fully saturated rings. The molecule has 11 heteroatoms. The molecule has 3 N–H and O–H groups in total. The van der Waals surface area contributed by atoms with Crippen LogP contribution in [0.15, 0.2) is 77.4 Å². The van der Waals surface area contributed by atoms with Crippen molar-refractivity contribution in [2.45, 2.75) is 64.7 Å². The number of rotatable bonds is 9. The summed E-state index contributed by atoms with van der Waals surface area (Å²) in [4.78, 5) is 37.8. The van der Waals surface area contributed by atoms with Gasteiger partial charge in [0.15, 0.2) is 11.5 Å². The Balaban J connectivity index is 1.46. The number of para-hydroxylation sites is 1. The monoisotopic (exact) mass is 580 g/mol. The van der Waals surface area contributed by atoms with Gasteiger partial charge < -0.3 is 20.7 Å². The van der Waals surface area contributed by atoms with E-state index in [0.717, 1.165) is 6.42 Å². The largest absolute Gasteiger partial charge is 0.457 e. The molecular weight excluding hydrogens is 544 g/mol. The van der Waals surface area contributed by atoms with E-state index in [2.05, 4.69) is 21.4 Å². The first-order chi connectivity index (χ1) is 20.6. The van der Waals surface area contributed by atoms with Crippen molar-refractivity contribution in [3.8, 4) is 23.3 Å². The quantitative estimate of drug-likeness (QED) is 0.222. The van der Waals surface area contributed by atoms with Gasteiger partial charge in [-0.1, -0.05) is 32.0 Å². The van der Waals surface area contributed by atoms with Crippen molar-refractivity contribution in [1.29, 1.82) is 5.26 Å². The third kappa shape index (κ3) is 6.29. The Kier molecular flexibility index (Phi) is 8.32. The number of fused-ring (bicyclic) bond motifs is 1. The zero-order chi connectivity index (χ0) is 30.7. The van der Waals surface area contributed by atoms with Crippen LogP contribution in [0.4, 0.5) is 5.82 Å². The molecule has 0 spiro atoms. The van der Waals surface area contributed by atoms with Crippen LogP contribution in [0.25, 0.3) is 16.9 Å². The third-order valence-electron chi connectivity index (χ3n) is 7.35. The number of hydrogen-bond acceptors (Lipinski definition) is 8. The fourth-order valence-corrected chi connectivity index (χ4v) is 5.74. The lowest BCUT2D eigenvalue weighted by molar-refractivity contribution is -0.127. The molecule has 0 unspecified atom stereocenters. The van der Waals surface area contributed by atoms with E-state index in [-0.39, 0.29) is 41.6 Å². The number of carbonyl (C=O) groups is 1. The van der Waals surface area contributed by atoms with E-state index in [1.165, 1.54) is 15.5 Å². The van der Waals surface area contributed by atoms with Gasteiger partial charge in [-0.15, -0.1) is 0 Å². The predicted octanol–water partition coefficient (Wildman–Crippen LogP) is 4.17. The number of imidazole rings is 1. The van der Waals surface area contributed by atoms with E-state index in [9.17, 15) is 14.9 Å². The summed E-state index contributed by atoms with van der Waals surface area (Å²) in [5.41, 5.74) is 6.79. The van der Waals surface area contributed by atoms with Crippen LogP contribution < -0.4 is 21.5 Å². The molecule has 43 heavy (non-hydrogen) atoms. The minimum atomic E-state index is -0.551. The van der Waals surface area contributed by atoms with E-state index in [1.54, 1.807) is 35.2 Å². The summed E-state index contributed by atoms with van der Waals surface area (Å²) >= 11 is 0. The first kappa shape index (κ1) is 29.5. The smallest absolute Gasteiger partial charge is 0.335 e. The Bertz CT molecular complexity index is 1750. The Morgan fingerprint density at radius 3 is 2.53 bits per heavy atom. The molecule has 4 aromatic rings. The van der Waals surface area contributed by atoms with Crippen molar-refractivity contribution in [2.75, 3.05) is 12.3 Å². The number of likely N-dealkylation sites (tertiary alicyclic amines) is 1. The summed E-state index contributed by atoms with van der Waals surface area (Å²) in [7, 11) is 0. The summed E-state index contributed by atoms with van der Waals surface area (Å²) in [5.74, 6) is 1.14. The maximum Gasteiger partial charge on any atom is 0.335 e. The van der Waals surface area contributed by atoms with Crippen LogP contribution in [0.2, 0.25) is 0 Å². The zero-order valence-electron chi connectivity index (χ0n) is 24.8. The Morgan fingerprint density at radius 2 is 1.86 bits per heavy atom. The van der Waals surface area contributed by atoms with Crippen LogP contribution in [0.5, 0.6) is 11.5 Å². The molecule has 222 valence electrons.